The third-order valence-electron chi connectivity index (χ3n) is 4.83. The molecule has 0 aromatic heterocycles. The molecule has 1 nitrogen and oxygen atoms in total. The Hall–Kier alpha value is -4.48. The van der Waals surface area contributed by atoms with Gasteiger partial charge in [0.1, 0.15) is 35.6 Å². The fourth-order valence-corrected chi connectivity index (χ4v) is 3.17. The van der Waals surface area contributed by atoms with E-state index in [2.05, 4.69) is 30.3 Å². The van der Waals surface area contributed by atoms with Crippen molar-refractivity contribution in [2.24, 2.45) is 0 Å². The second-order valence-electron chi connectivity index (χ2n) is 7.26. The van der Waals surface area contributed by atoms with E-state index in [1.165, 1.54) is 30.3 Å². The Labute approximate surface area is 194 Å². The van der Waals surface area contributed by atoms with Crippen LogP contribution in [0, 0.1) is 47.0 Å². The van der Waals surface area contributed by atoms with Gasteiger partial charge in [0.2, 0.25) is 0 Å². The van der Waals surface area contributed by atoms with Crippen molar-refractivity contribution >= 4 is 10.8 Å². The van der Waals surface area contributed by atoms with E-state index in [0.29, 0.717) is 5.56 Å². The maximum Gasteiger partial charge on any atom is 0.145 e. The summed E-state index contributed by atoms with van der Waals surface area (Å²) in [6.45, 7) is 3.58. The van der Waals surface area contributed by atoms with Crippen LogP contribution in [0.2, 0.25) is 0 Å². The molecule has 0 fully saturated rings. The highest BCUT2D eigenvalue weighted by atomic mass is 19.1. The van der Waals surface area contributed by atoms with Crippen LogP contribution in [-0.4, -0.2) is 6.61 Å². The summed E-state index contributed by atoms with van der Waals surface area (Å²) < 4.78 is 61.4. The molecule has 0 aliphatic rings. The Kier molecular flexibility index (Phi) is 6.67. The molecule has 5 heteroatoms. The van der Waals surface area contributed by atoms with Crippen molar-refractivity contribution in [1.82, 2.24) is 0 Å². The molecule has 0 spiro atoms. The minimum Gasteiger partial charge on any atom is -0.489 e. The Bertz CT molecular complexity index is 1510. The van der Waals surface area contributed by atoms with Crippen molar-refractivity contribution in [3.8, 4) is 29.4 Å². The van der Waals surface area contributed by atoms with Gasteiger partial charge in [0.15, 0.2) is 0 Å². The molecule has 0 unspecified atom stereocenters. The lowest BCUT2D eigenvalue weighted by molar-refractivity contribution is 0.358. The lowest BCUT2D eigenvalue weighted by atomic mass is 10.1. The number of halogens is 4. The maximum atomic E-state index is 14.5. The smallest absolute Gasteiger partial charge is 0.145 e. The average molecular weight is 456 g/mol. The van der Waals surface area contributed by atoms with Crippen LogP contribution in [-0.2, 0) is 0 Å². The van der Waals surface area contributed by atoms with Crippen molar-refractivity contribution in [3.63, 3.8) is 0 Å². The van der Waals surface area contributed by atoms with Gasteiger partial charge in [-0.25, -0.2) is 17.6 Å². The molecule has 4 rings (SSSR count). The number of hydrogen-bond acceptors (Lipinski definition) is 1. The predicted molar refractivity (Wildman–Crippen MR) is 124 cm³/mol. The third kappa shape index (κ3) is 5.28. The molecule has 0 saturated carbocycles. The molecule has 0 amide bonds. The molecule has 0 heterocycles. The van der Waals surface area contributed by atoms with Crippen LogP contribution >= 0.6 is 0 Å². The van der Waals surface area contributed by atoms with E-state index < -0.39 is 23.0 Å². The molecule has 4 aromatic rings. The highest BCUT2D eigenvalue weighted by molar-refractivity contribution is 5.84. The number of rotatable bonds is 3. The van der Waals surface area contributed by atoms with Crippen LogP contribution in [0.3, 0.4) is 0 Å². The first-order valence-corrected chi connectivity index (χ1v) is 10.2. The Balaban J connectivity index is 1.55. The van der Waals surface area contributed by atoms with Crippen molar-refractivity contribution in [3.05, 3.63) is 125 Å². The van der Waals surface area contributed by atoms with E-state index in [1.54, 1.807) is 24.3 Å². The lowest BCUT2D eigenvalue weighted by Gasteiger charge is -2.05. The van der Waals surface area contributed by atoms with Crippen molar-refractivity contribution in [2.75, 3.05) is 6.61 Å². The second kappa shape index (κ2) is 9.98. The van der Waals surface area contributed by atoms with Gasteiger partial charge in [-0.3, -0.25) is 0 Å². The topological polar surface area (TPSA) is 9.23 Å². The molecule has 0 aliphatic heterocycles. The van der Waals surface area contributed by atoms with E-state index >= 15 is 0 Å². The predicted octanol–water partition coefficient (Wildman–Crippen LogP) is 6.76. The monoisotopic (exact) mass is 456 g/mol. The van der Waals surface area contributed by atoms with Crippen LogP contribution in [0.15, 0.2) is 79.4 Å². The summed E-state index contributed by atoms with van der Waals surface area (Å²) in [5.74, 6) is 7.93. The zero-order chi connectivity index (χ0) is 24.1. The summed E-state index contributed by atoms with van der Waals surface area (Å²) >= 11 is 0. The molecule has 0 aliphatic carbocycles. The van der Waals surface area contributed by atoms with Gasteiger partial charge in [0.25, 0.3) is 0 Å². The van der Waals surface area contributed by atoms with E-state index in [9.17, 15) is 17.6 Å². The molecule has 166 valence electrons. The second-order valence-corrected chi connectivity index (χ2v) is 7.26. The Morgan fingerprint density at radius 2 is 1.32 bits per heavy atom. The van der Waals surface area contributed by atoms with Gasteiger partial charge in [0.05, 0.1) is 11.1 Å². The summed E-state index contributed by atoms with van der Waals surface area (Å²) in [5, 5.41) is 1.56. The van der Waals surface area contributed by atoms with E-state index in [4.69, 9.17) is 4.74 Å². The van der Waals surface area contributed by atoms with Crippen LogP contribution < -0.4 is 4.74 Å². The summed E-state index contributed by atoms with van der Waals surface area (Å²) in [5.41, 5.74) is 0.590. The number of benzene rings is 4. The molecule has 34 heavy (non-hydrogen) atoms. The minimum absolute atomic E-state index is 0.0213. The van der Waals surface area contributed by atoms with Crippen molar-refractivity contribution < 1.29 is 22.3 Å². The number of ether oxygens (including phenoxy) is 1. The normalized spacial score (nSPS) is 10.1. The summed E-state index contributed by atoms with van der Waals surface area (Å²) in [7, 11) is 0. The molecule has 0 atom stereocenters. The fourth-order valence-electron chi connectivity index (χ4n) is 3.17. The quantitative estimate of drug-likeness (QED) is 0.188. The van der Waals surface area contributed by atoms with Gasteiger partial charge in [-0.15, -0.1) is 0 Å². The largest absolute Gasteiger partial charge is 0.489 e. The van der Waals surface area contributed by atoms with Crippen LogP contribution in [0.1, 0.15) is 22.3 Å². The van der Waals surface area contributed by atoms with Gasteiger partial charge < -0.3 is 4.74 Å². The first-order chi connectivity index (χ1) is 16.4. The average Bonchev–Trinajstić information content (AvgIpc) is 2.81. The molecular formula is C29H16F4O. The number of hydrogen-bond donors (Lipinski definition) is 0. The van der Waals surface area contributed by atoms with E-state index in [0.717, 1.165) is 29.0 Å². The van der Waals surface area contributed by atoms with Crippen LogP contribution in [0.4, 0.5) is 17.6 Å². The third-order valence-corrected chi connectivity index (χ3v) is 4.83. The number of fused-ring (bicyclic) bond motifs is 1. The Morgan fingerprint density at radius 1 is 0.676 bits per heavy atom. The zero-order valence-corrected chi connectivity index (χ0v) is 17.8. The van der Waals surface area contributed by atoms with Crippen molar-refractivity contribution in [1.29, 1.82) is 0 Å². The molecule has 0 bridgehead atoms. The zero-order valence-electron chi connectivity index (χ0n) is 17.8. The lowest BCUT2D eigenvalue weighted by Crippen LogP contribution is -1.97. The van der Waals surface area contributed by atoms with Gasteiger partial charge in [-0.1, -0.05) is 48.5 Å². The van der Waals surface area contributed by atoms with Gasteiger partial charge in [-0.05, 0) is 53.2 Å². The maximum absolute atomic E-state index is 14.5. The molecular weight excluding hydrogens is 440 g/mol. The first kappa shape index (κ1) is 22.7. The minimum atomic E-state index is -0.882. The van der Waals surface area contributed by atoms with Gasteiger partial charge in [0, 0.05) is 23.3 Å². The summed E-state index contributed by atoms with van der Waals surface area (Å²) in [6, 6.07) is 15.9. The van der Waals surface area contributed by atoms with Crippen molar-refractivity contribution in [2.45, 2.75) is 0 Å². The highest BCUT2D eigenvalue weighted by Gasteiger charge is 2.10. The van der Waals surface area contributed by atoms with E-state index in [1.807, 2.05) is 0 Å². The SMILES string of the molecule is C=CCOc1cc(F)c(C#Cc2ccc(C#Cc3ccc4cc(F)ccc4c3)c(F)c2)c(F)c1. The Morgan fingerprint density at radius 3 is 2.06 bits per heavy atom. The molecule has 0 saturated heterocycles. The molecule has 4 aromatic carbocycles. The molecule has 0 radical (unpaired) electrons. The van der Waals surface area contributed by atoms with Gasteiger partial charge >= 0.3 is 0 Å². The first-order valence-electron chi connectivity index (χ1n) is 10.2. The summed E-state index contributed by atoms with van der Waals surface area (Å²) in [6.07, 6.45) is 1.45. The van der Waals surface area contributed by atoms with Crippen LogP contribution in [0.25, 0.3) is 10.8 Å². The van der Waals surface area contributed by atoms with Crippen LogP contribution in [0.5, 0.6) is 5.75 Å². The standard InChI is InChI=1S/C29H16F4O/c1-2-13-34-25-17-28(32)26(29(33)18-25)12-6-20-4-8-21(27(31)15-20)7-3-19-5-9-23-16-24(30)11-10-22(23)14-19/h2,4-5,8-11,14-18H,1,13H2. The molecule has 0 N–H and O–H groups in total. The van der Waals surface area contributed by atoms with Gasteiger partial charge in [-0.2, -0.15) is 0 Å². The van der Waals surface area contributed by atoms with E-state index in [-0.39, 0.29) is 29.3 Å². The fraction of sp³-hybridized carbons (Fsp3) is 0.0345. The summed E-state index contributed by atoms with van der Waals surface area (Å²) in [4.78, 5) is 0. The highest BCUT2D eigenvalue weighted by Crippen LogP contribution is 2.21.